The van der Waals surface area contributed by atoms with Crippen LogP contribution in [0.2, 0.25) is 5.02 Å². The van der Waals surface area contributed by atoms with Gasteiger partial charge in [0, 0.05) is 18.8 Å². The molecular formula is C21H20ClN5O2. The Morgan fingerprint density at radius 2 is 1.76 bits per heavy atom. The van der Waals surface area contributed by atoms with Gasteiger partial charge >= 0.3 is 0 Å². The predicted octanol–water partition coefficient (Wildman–Crippen LogP) is 3.50. The molecule has 7 nitrogen and oxygen atoms in total. The first-order chi connectivity index (χ1) is 14.1. The zero-order valence-corrected chi connectivity index (χ0v) is 16.5. The maximum Gasteiger partial charge on any atom is 0.277 e. The summed E-state index contributed by atoms with van der Waals surface area (Å²) >= 11 is 5.96. The Hall–Kier alpha value is -3.55. The van der Waals surface area contributed by atoms with E-state index < -0.39 is 5.91 Å². The van der Waals surface area contributed by atoms with Gasteiger partial charge in [0.25, 0.3) is 5.91 Å². The summed E-state index contributed by atoms with van der Waals surface area (Å²) in [5, 5.41) is 21.9. The van der Waals surface area contributed by atoms with Crippen molar-refractivity contribution in [1.82, 2.24) is 5.43 Å². The van der Waals surface area contributed by atoms with Crippen LogP contribution in [0.15, 0.2) is 53.6 Å². The number of carbonyl (C=O) groups excluding carboxylic acids is 1. The highest BCUT2D eigenvalue weighted by Gasteiger charge is 2.06. The second-order valence-electron chi connectivity index (χ2n) is 5.91. The number of benzene rings is 2. The summed E-state index contributed by atoms with van der Waals surface area (Å²) in [6.45, 7) is 0.924. The molecule has 148 valence electrons. The van der Waals surface area contributed by atoms with Crippen LogP contribution in [0.25, 0.3) is 0 Å². The summed E-state index contributed by atoms with van der Waals surface area (Å²) in [7, 11) is 0. The molecule has 0 aromatic heterocycles. The van der Waals surface area contributed by atoms with E-state index in [-0.39, 0.29) is 6.61 Å². The minimum Gasteiger partial charge on any atom is -0.482 e. The molecule has 2 aromatic rings. The van der Waals surface area contributed by atoms with Crippen LogP contribution in [0.1, 0.15) is 18.4 Å². The van der Waals surface area contributed by atoms with E-state index in [4.69, 9.17) is 26.9 Å². The molecular weight excluding hydrogens is 390 g/mol. The molecule has 0 aliphatic carbocycles. The van der Waals surface area contributed by atoms with E-state index in [1.165, 1.54) is 6.21 Å². The normalized spacial score (nSPS) is 10.2. The molecule has 2 aromatic carbocycles. The molecule has 0 aliphatic rings. The second kappa shape index (κ2) is 12.0. The summed E-state index contributed by atoms with van der Waals surface area (Å²) in [5.41, 5.74) is 4.11. The average Bonchev–Trinajstić information content (AvgIpc) is 2.74. The zero-order valence-electron chi connectivity index (χ0n) is 15.7. The minimum absolute atomic E-state index is 0.202. The van der Waals surface area contributed by atoms with Gasteiger partial charge in [0.2, 0.25) is 0 Å². The third-order valence-electron chi connectivity index (χ3n) is 3.84. The largest absolute Gasteiger partial charge is 0.482 e. The molecule has 2 rings (SSSR count). The number of halogens is 1. The molecule has 0 saturated carbocycles. The highest BCUT2D eigenvalue weighted by atomic mass is 35.5. The molecule has 0 spiro atoms. The van der Waals surface area contributed by atoms with E-state index in [2.05, 4.69) is 22.7 Å². The van der Waals surface area contributed by atoms with Gasteiger partial charge in [0.15, 0.2) is 6.61 Å². The molecule has 0 saturated heterocycles. The number of para-hydroxylation sites is 1. The van der Waals surface area contributed by atoms with E-state index in [1.54, 1.807) is 24.3 Å². The number of anilines is 1. The van der Waals surface area contributed by atoms with Crippen molar-refractivity contribution in [1.29, 1.82) is 10.5 Å². The number of rotatable bonds is 10. The van der Waals surface area contributed by atoms with Gasteiger partial charge in [-0.2, -0.15) is 15.6 Å². The number of hydrazone groups is 1. The van der Waals surface area contributed by atoms with Crippen LogP contribution in [0, 0.1) is 22.7 Å². The molecule has 0 aliphatic heterocycles. The van der Waals surface area contributed by atoms with Crippen molar-refractivity contribution in [2.45, 2.75) is 12.8 Å². The molecule has 8 heteroatoms. The van der Waals surface area contributed by atoms with E-state index >= 15 is 0 Å². The molecule has 29 heavy (non-hydrogen) atoms. The van der Waals surface area contributed by atoms with E-state index in [9.17, 15) is 4.79 Å². The highest BCUT2D eigenvalue weighted by Crippen LogP contribution is 2.22. The van der Waals surface area contributed by atoms with Crippen molar-refractivity contribution in [2.75, 3.05) is 24.6 Å². The predicted molar refractivity (Wildman–Crippen MR) is 112 cm³/mol. The molecule has 1 N–H and O–H groups in total. The van der Waals surface area contributed by atoms with Crippen molar-refractivity contribution in [3.05, 3.63) is 59.1 Å². The standard InChI is InChI=1S/C21H20ClN5O2/c22-19-5-1-2-6-20(19)29-16-21(28)26-25-15-17-7-9-18(10-8-17)27(13-3-11-23)14-4-12-24/h1-2,5-10,15H,3-4,13-14,16H2,(H,26,28). The third-order valence-corrected chi connectivity index (χ3v) is 4.16. The maximum atomic E-state index is 11.8. The minimum atomic E-state index is -0.406. The number of hydrogen-bond acceptors (Lipinski definition) is 6. The molecule has 0 fully saturated rings. The summed E-state index contributed by atoms with van der Waals surface area (Å²) in [6.07, 6.45) is 2.29. The number of amides is 1. The number of ether oxygens (including phenoxy) is 1. The van der Waals surface area contributed by atoms with Crippen LogP contribution in [-0.2, 0) is 4.79 Å². The average molecular weight is 410 g/mol. The lowest BCUT2D eigenvalue weighted by Gasteiger charge is -2.22. The lowest BCUT2D eigenvalue weighted by molar-refractivity contribution is -0.123. The van der Waals surface area contributed by atoms with Gasteiger partial charge in [-0.25, -0.2) is 5.43 Å². The van der Waals surface area contributed by atoms with Crippen LogP contribution >= 0.6 is 11.6 Å². The van der Waals surface area contributed by atoms with E-state index in [0.29, 0.717) is 36.7 Å². The molecule has 0 unspecified atom stereocenters. The van der Waals surface area contributed by atoms with Gasteiger partial charge in [-0.05, 0) is 29.8 Å². The van der Waals surface area contributed by atoms with Crippen LogP contribution in [0.5, 0.6) is 5.75 Å². The molecule has 0 bridgehead atoms. The van der Waals surface area contributed by atoms with Crippen LogP contribution in [0.3, 0.4) is 0 Å². The summed E-state index contributed by atoms with van der Waals surface area (Å²) in [5.74, 6) is 0.0261. The number of hydrogen-bond donors (Lipinski definition) is 1. The number of nitriles is 2. The fraction of sp³-hybridized carbons (Fsp3) is 0.238. The highest BCUT2D eigenvalue weighted by molar-refractivity contribution is 6.32. The molecule has 0 atom stereocenters. The van der Waals surface area contributed by atoms with Crippen LogP contribution in [0.4, 0.5) is 5.69 Å². The Morgan fingerprint density at radius 3 is 2.38 bits per heavy atom. The third kappa shape index (κ3) is 7.53. The monoisotopic (exact) mass is 409 g/mol. The van der Waals surface area contributed by atoms with Crippen molar-refractivity contribution >= 4 is 29.4 Å². The van der Waals surface area contributed by atoms with Gasteiger partial charge in [-0.1, -0.05) is 35.9 Å². The Balaban J connectivity index is 1.85. The number of nitrogens with one attached hydrogen (secondary N) is 1. The second-order valence-corrected chi connectivity index (χ2v) is 6.31. The van der Waals surface area contributed by atoms with Crippen molar-refractivity contribution in [3.8, 4) is 17.9 Å². The SMILES string of the molecule is N#CCCN(CCC#N)c1ccc(C=NNC(=O)COc2ccccc2Cl)cc1. The van der Waals surface area contributed by atoms with E-state index in [0.717, 1.165) is 11.3 Å². The van der Waals surface area contributed by atoms with Gasteiger partial charge in [0.05, 0.1) is 36.2 Å². The number of nitrogens with zero attached hydrogens (tertiary/aromatic N) is 4. The first-order valence-electron chi connectivity index (χ1n) is 8.92. The van der Waals surface area contributed by atoms with Crippen molar-refractivity contribution in [3.63, 3.8) is 0 Å². The van der Waals surface area contributed by atoms with Crippen molar-refractivity contribution < 1.29 is 9.53 Å². The quantitative estimate of drug-likeness (QED) is 0.478. The topological polar surface area (TPSA) is 102 Å². The van der Waals surface area contributed by atoms with Gasteiger partial charge in [-0.15, -0.1) is 0 Å². The smallest absolute Gasteiger partial charge is 0.277 e. The Morgan fingerprint density at radius 1 is 1.10 bits per heavy atom. The van der Waals surface area contributed by atoms with Crippen LogP contribution in [-0.4, -0.2) is 31.8 Å². The first-order valence-corrected chi connectivity index (χ1v) is 9.30. The first kappa shape index (κ1) is 21.7. The zero-order chi connectivity index (χ0) is 20.9. The van der Waals surface area contributed by atoms with Gasteiger partial charge in [-0.3, -0.25) is 4.79 Å². The lowest BCUT2D eigenvalue weighted by atomic mass is 10.2. The Kier molecular flexibility index (Phi) is 9.01. The summed E-state index contributed by atoms with van der Waals surface area (Å²) in [6, 6.07) is 18.6. The van der Waals surface area contributed by atoms with Crippen LogP contribution < -0.4 is 15.1 Å². The molecule has 0 heterocycles. The van der Waals surface area contributed by atoms with Gasteiger partial charge < -0.3 is 9.64 Å². The van der Waals surface area contributed by atoms with Crippen molar-refractivity contribution in [2.24, 2.45) is 5.10 Å². The summed E-state index contributed by atoms with van der Waals surface area (Å²) < 4.78 is 5.34. The lowest BCUT2D eigenvalue weighted by Crippen LogP contribution is -2.25. The summed E-state index contributed by atoms with van der Waals surface area (Å²) in [4.78, 5) is 13.8. The molecule has 0 radical (unpaired) electrons. The Bertz CT molecular complexity index is 898. The number of carbonyl (C=O) groups is 1. The van der Waals surface area contributed by atoms with Gasteiger partial charge in [0.1, 0.15) is 5.75 Å². The fourth-order valence-corrected chi connectivity index (χ4v) is 2.62. The fourth-order valence-electron chi connectivity index (χ4n) is 2.43. The van der Waals surface area contributed by atoms with E-state index in [1.807, 2.05) is 29.2 Å². The Labute approximate surface area is 174 Å². The maximum absolute atomic E-state index is 11.8. The molecule has 1 amide bonds.